The minimum atomic E-state index is -0.318. The molecular formula is C20H19NO2. The minimum Gasteiger partial charge on any atom is -0.464 e. The molecule has 0 aliphatic carbocycles. The van der Waals surface area contributed by atoms with E-state index in [1.54, 1.807) is 0 Å². The Balaban J connectivity index is 2.03. The first-order chi connectivity index (χ1) is 11.2. The molecule has 3 rings (SSSR count). The van der Waals surface area contributed by atoms with Crippen LogP contribution in [0.1, 0.15) is 29.0 Å². The molecule has 0 amide bonds. The Kier molecular flexibility index (Phi) is 4.29. The lowest BCUT2D eigenvalue weighted by Crippen LogP contribution is -2.12. The lowest BCUT2D eigenvalue weighted by molar-refractivity contribution is 0.0588. The minimum absolute atomic E-state index is 0.0317. The maximum atomic E-state index is 12.1. The molecule has 3 aromatic rings. The lowest BCUT2D eigenvalue weighted by Gasteiger charge is -2.14. The Morgan fingerprint density at radius 3 is 2.52 bits per heavy atom. The highest BCUT2D eigenvalue weighted by molar-refractivity contribution is 5.95. The van der Waals surface area contributed by atoms with Crippen LogP contribution < -0.4 is 0 Å². The summed E-state index contributed by atoms with van der Waals surface area (Å²) in [5.41, 5.74) is 2.73. The number of para-hydroxylation sites is 1. The summed E-state index contributed by atoms with van der Waals surface area (Å²) in [6, 6.07) is 20.0. The fraction of sp³-hybridized carbons (Fsp3) is 0.150. The van der Waals surface area contributed by atoms with Crippen molar-refractivity contribution in [3.05, 3.63) is 78.0 Å². The highest BCUT2D eigenvalue weighted by Gasteiger charge is 2.18. The molecule has 1 aromatic heterocycles. The predicted molar refractivity (Wildman–Crippen MR) is 93.5 cm³/mol. The summed E-state index contributed by atoms with van der Waals surface area (Å²) in [6.45, 7) is 2.07. The molecule has 0 saturated carbocycles. The molecule has 0 unspecified atom stereocenters. The number of methoxy groups -OCH3 is 1. The number of hydrogen-bond acceptors (Lipinski definition) is 2. The van der Waals surface area contributed by atoms with Crippen molar-refractivity contribution in [3.63, 3.8) is 0 Å². The van der Waals surface area contributed by atoms with E-state index in [0.717, 1.165) is 16.5 Å². The smallest absolute Gasteiger partial charge is 0.354 e. The van der Waals surface area contributed by atoms with Crippen LogP contribution in [0.3, 0.4) is 0 Å². The van der Waals surface area contributed by atoms with Crippen LogP contribution in [0.4, 0.5) is 0 Å². The second-order valence-electron chi connectivity index (χ2n) is 5.46. The van der Waals surface area contributed by atoms with Crippen LogP contribution in [0.15, 0.2) is 66.7 Å². The van der Waals surface area contributed by atoms with Gasteiger partial charge in [-0.05, 0) is 24.6 Å². The Morgan fingerprint density at radius 1 is 1.09 bits per heavy atom. The average Bonchev–Trinajstić information content (AvgIpc) is 2.99. The zero-order valence-corrected chi connectivity index (χ0v) is 13.3. The molecule has 2 aromatic carbocycles. The number of benzene rings is 2. The standard InChI is InChI=1S/C20H19NO2/c1-15(12-13-16-8-4-3-5-9-16)21-18-11-7-6-10-17(18)14-19(21)20(22)23-2/h3-15H,1-2H3/b13-12+/t15-/m0/s1. The van der Waals surface area contributed by atoms with Crippen molar-refractivity contribution in [3.8, 4) is 0 Å². The quantitative estimate of drug-likeness (QED) is 0.654. The number of rotatable bonds is 4. The van der Waals surface area contributed by atoms with Crippen molar-refractivity contribution in [2.75, 3.05) is 7.11 Å². The predicted octanol–water partition coefficient (Wildman–Crippen LogP) is 4.70. The van der Waals surface area contributed by atoms with E-state index in [9.17, 15) is 4.79 Å². The van der Waals surface area contributed by atoms with Gasteiger partial charge in [-0.2, -0.15) is 0 Å². The van der Waals surface area contributed by atoms with E-state index in [1.165, 1.54) is 7.11 Å². The Labute approximate surface area is 135 Å². The number of ether oxygens (including phenoxy) is 1. The second kappa shape index (κ2) is 6.53. The topological polar surface area (TPSA) is 31.2 Å². The second-order valence-corrected chi connectivity index (χ2v) is 5.46. The molecule has 3 nitrogen and oxygen atoms in total. The van der Waals surface area contributed by atoms with E-state index in [2.05, 4.69) is 31.2 Å². The summed E-state index contributed by atoms with van der Waals surface area (Å²) in [5, 5.41) is 1.04. The average molecular weight is 305 g/mol. The zero-order valence-electron chi connectivity index (χ0n) is 13.3. The van der Waals surface area contributed by atoms with Crippen molar-refractivity contribution >= 4 is 22.9 Å². The van der Waals surface area contributed by atoms with Crippen molar-refractivity contribution in [1.82, 2.24) is 4.57 Å². The molecule has 0 aliphatic rings. The first kappa shape index (κ1) is 15.1. The van der Waals surface area contributed by atoms with Gasteiger partial charge in [0, 0.05) is 16.9 Å². The lowest BCUT2D eigenvalue weighted by atomic mass is 10.2. The third kappa shape index (κ3) is 3.04. The molecule has 0 fully saturated rings. The first-order valence-corrected chi connectivity index (χ1v) is 7.62. The number of hydrogen-bond donors (Lipinski definition) is 0. The molecule has 0 saturated heterocycles. The van der Waals surface area contributed by atoms with Crippen LogP contribution in [-0.4, -0.2) is 17.6 Å². The number of carbonyl (C=O) groups is 1. The molecule has 0 aliphatic heterocycles. The van der Waals surface area contributed by atoms with Crippen molar-refractivity contribution in [2.45, 2.75) is 13.0 Å². The SMILES string of the molecule is COC(=O)c1cc2ccccc2n1[C@@H](C)/C=C/c1ccccc1. The van der Waals surface area contributed by atoms with Gasteiger partial charge in [0.1, 0.15) is 5.69 Å². The van der Waals surface area contributed by atoms with Gasteiger partial charge in [-0.15, -0.1) is 0 Å². The number of nitrogens with zero attached hydrogens (tertiary/aromatic N) is 1. The van der Waals surface area contributed by atoms with Gasteiger partial charge < -0.3 is 9.30 Å². The molecule has 1 atom stereocenters. The summed E-state index contributed by atoms with van der Waals surface area (Å²) in [7, 11) is 1.41. The monoisotopic (exact) mass is 305 g/mol. The fourth-order valence-electron chi connectivity index (χ4n) is 2.78. The van der Waals surface area contributed by atoms with Crippen LogP contribution >= 0.6 is 0 Å². The third-order valence-corrected chi connectivity index (χ3v) is 3.92. The Bertz CT molecular complexity index is 846. The van der Waals surface area contributed by atoms with Crippen molar-refractivity contribution in [1.29, 1.82) is 0 Å². The maximum Gasteiger partial charge on any atom is 0.354 e. The summed E-state index contributed by atoms with van der Waals surface area (Å²) in [5.74, 6) is -0.318. The van der Waals surface area contributed by atoms with Gasteiger partial charge >= 0.3 is 5.97 Å². The first-order valence-electron chi connectivity index (χ1n) is 7.62. The number of carbonyl (C=O) groups excluding carboxylic acids is 1. The molecule has 3 heteroatoms. The van der Waals surface area contributed by atoms with Gasteiger partial charge in [0.05, 0.1) is 7.11 Å². The highest BCUT2D eigenvalue weighted by atomic mass is 16.5. The molecule has 0 N–H and O–H groups in total. The Hall–Kier alpha value is -2.81. The van der Waals surface area contributed by atoms with Crippen LogP contribution in [0.2, 0.25) is 0 Å². The van der Waals surface area contributed by atoms with Gasteiger partial charge in [0.2, 0.25) is 0 Å². The molecule has 0 spiro atoms. The van der Waals surface area contributed by atoms with E-state index < -0.39 is 0 Å². The third-order valence-electron chi connectivity index (χ3n) is 3.92. The van der Waals surface area contributed by atoms with Crippen LogP contribution in [0, 0.1) is 0 Å². The van der Waals surface area contributed by atoms with Crippen molar-refractivity contribution < 1.29 is 9.53 Å². The molecule has 116 valence electrons. The molecule has 0 bridgehead atoms. The van der Waals surface area contributed by atoms with Crippen LogP contribution in [0.5, 0.6) is 0 Å². The van der Waals surface area contributed by atoms with Gasteiger partial charge in [-0.1, -0.05) is 60.7 Å². The van der Waals surface area contributed by atoms with Crippen molar-refractivity contribution in [2.24, 2.45) is 0 Å². The summed E-state index contributed by atoms with van der Waals surface area (Å²) < 4.78 is 6.95. The van der Waals surface area contributed by atoms with Crippen LogP contribution in [0.25, 0.3) is 17.0 Å². The molecule has 0 radical (unpaired) electrons. The number of allylic oxidation sites excluding steroid dienone is 1. The number of aromatic nitrogens is 1. The van der Waals surface area contributed by atoms with Gasteiger partial charge in [0.15, 0.2) is 0 Å². The van der Waals surface area contributed by atoms with E-state index in [-0.39, 0.29) is 12.0 Å². The summed E-state index contributed by atoms with van der Waals surface area (Å²) in [6.07, 6.45) is 4.16. The van der Waals surface area contributed by atoms with Crippen LogP contribution in [-0.2, 0) is 4.74 Å². The van der Waals surface area contributed by atoms with Gasteiger partial charge in [0.25, 0.3) is 0 Å². The highest BCUT2D eigenvalue weighted by Crippen LogP contribution is 2.26. The summed E-state index contributed by atoms with van der Waals surface area (Å²) in [4.78, 5) is 12.1. The zero-order chi connectivity index (χ0) is 16.2. The van der Waals surface area contributed by atoms with Gasteiger partial charge in [-0.3, -0.25) is 0 Å². The van der Waals surface area contributed by atoms with E-state index in [4.69, 9.17) is 4.74 Å². The summed E-state index contributed by atoms with van der Waals surface area (Å²) >= 11 is 0. The van der Waals surface area contributed by atoms with E-state index in [1.807, 2.05) is 53.1 Å². The van der Waals surface area contributed by atoms with Gasteiger partial charge in [-0.25, -0.2) is 4.79 Å². The maximum absolute atomic E-state index is 12.1. The largest absolute Gasteiger partial charge is 0.464 e. The normalized spacial score (nSPS) is 12.6. The number of fused-ring (bicyclic) bond motifs is 1. The van der Waals surface area contributed by atoms with E-state index >= 15 is 0 Å². The Morgan fingerprint density at radius 2 is 1.78 bits per heavy atom. The van der Waals surface area contributed by atoms with E-state index in [0.29, 0.717) is 5.69 Å². The molecular weight excluding hydrogens is 286 g/mol. The molecule has 1 heterocycles. The fourth-order valence-corrected chi connectivity index (χ4v) is 2.78. The molecule has 23 heavy (non-hydrogen) atoms. The number of esters is 1.